The van der Waals surface area contributed by atoms with Crippen molar-refractivity contribution in [1.82, 2.24) is 5.32 Å². The van der Waals surface area contributed by atoms with Gasteiger partial charge in [-0.15, -0.1) is 0 Å². The highest BCUT2D eigenvalue weighted by molar-refractivity contribution is 4.78. The molecule has 1 fully saturated rings. The molecule has 1 aliphatic rings. The quantitative estimate of drug-likeness (QED) is 0.654. The molecular weight excluding hydrogens is 188 g/mol. The lowest BCUT2D eigenvalue weighted by Crippen LogP contribution is -2.36. The van der Waals surface area contributed by atoms with Crippen molar-refractivity contribution in [2.75, 3.05) is 19.8 Å². The molecule has 0 spiro atoms. The third-order valence-electron chi connectivity index (χ3n) is 3.10. The largest absolute Gasteiger partial charge is 0.381 e. The summed E-state index contributed by atoms with van der Waals surface area (Å²) >= 11 is 0. The Balaban J connectivity index is 2.08. The second kappa shape index (κ2) is 7.67. The SMILES string of the molecule is CCC(NCCCCC#N)C1CCOC1. The van der Waals surface area contributed by atoms with Gasteiger partial charge in [0.15, 0.2) is 0 Å². The smallest absolute Gasteiger partial charge is 0.0621 e. The molecule has 1 saturated heterocycles. The zero-order valence-electron chi connectivity index (χ0n) is 9.67. The van der Waals surface area contributed by atoms with E-state index in [0.717, 1.165) is 32.6 Å². The number of rotatable bonds is 7. The summed E-state index contributed by atoms with van der Waals surface area (Å²) in [6.07, 6.45) is 5.18. The van der Waals surface area contributed by atoms with E-state index >= 15 is 0 Å². The topological polar surface area (TPSA) is 45.0 Å². The van der Waals surface area contributed by atoms with Crippen molar-refractivity contribution < 1.29 is 4.74 Å². The zero-order valence-corrected chi connectivity index (χ0v) is 9.67. The van der Waals surface area contributed by atoms with Crippen molar-refractivity contribution >= 4 is 0 Å². The minimum atomic E-state index is 0.606. The molecule has 86 valence electrons. The highest BCUT2D eigenvalue weighted by atomic mass is 16.5. The van der Waals surface area contributed by atoms with E-state index in [1.807, 2.05) is 0 Å². The van der Waals surface area contributed by atoms with E-state index in [1.54, 1.807) is 0 Å². The first kappa shape index (κ1) is 12.5. The van der Waals surface area contributed by atoms with Crippen LogP contribution < -0.4 is 5.32 Å². The Hall–Kier alpha value is -0.590. The van der Waals surface area contributed by atoms with Crippen LogP contribution in [0.4, 0.5) is 0 Å². The van der Waals surface area contributed by atoms with E-state index in [2.05, 4.69) is 18.3 Å². The Morgan fingerprint density at radius 1 is 1.53 bits per heavy atom. The van der Waals surface area contributed by atoms with Gasteiger partial charge < -0.3 is 10.1 Å². The van der Waals surface area contributed by atoms with Crippen LogP contribution in [0, 0.1) is 17.2 Å². The summed E-state index contributed by atoms with van der Waals surface area (Å²) in [5.41, 5.74) is 0. The molecule has 0 aromatic heterocycles. The maximum Gasteiger partial charge on any atom is 0.0621 e. The van der Waals surface area contributed by atoms with Crippen LogP contribution in [0.15, 0.2) is 0 Å². The second-order valence-electron chi connectivity index (χ2n) is 4.21. The second-order valence-corrected chi connectivity index (χ2v) is 4.21. The van der Waals surface area contributed by atoms with Crippen LogP contribution in [-0.2, 0) is 4.74 Å². The first-order valence-electron chi connectivity index (χ1n) is 6.06. The van der Waals surface area contributed by atoms with Gasteiger partial charge in [0.1, 0.15) is 0 Å². The minimum Gasteiger partial charge on any atom is -0.381 e. The summed E-state index contributed by atoms with van der Waals surface area (Å²) in [5.74, 6) is 0.700. The predicted molar refractivity (Wildman–Crippen MR) is 60.5 cm³/mol. The van der Waals surface area contributed by atoms with Gasteiger partial charge in [-0.05, 0) is 38.1 Å². The Kier molecular flexibility index (Phi) is 6.38. The zero-order chi connectivity index (χ0) is 10.9. The number of nitriles is 1. The van der Waals surface area contributed by atoms with Gasteiger partial charge in [-0.1, -0.05) is 6.92 Å². The molecule has 0 aromatic rings. The predicted octanol–water partition coefficient (Wildman–Crippen LogP) is 2.08. The summed E-state index contributed by atoms with van der Waals surface area (Å²) in [6, 6.07) is 2.78. The molecule has 1 heterocycles. The number of hydrogen-bond acceptors (Lipinski definition) is 3. The third kappa shape index (κ3) is 4.63. The lowest BCUT2D eigenvalue weighted by Gasteiger charge is -2.22. The Labute approximate surface area is 92.8 Å². The van der Waals surface area contributed by atoms with Crippen molar-refractivity contribution in [2.45, 2.75) is 45.1 Å². The molecule has 15 heavy (non-hydrogen) atoms. The van der Waals surface area contributed by atoms with Crippen LogP contribution in [0.1, 0.15) is 39.0 Å². The summed E-state index contributed by atoms with van der Waals surface area (Å²) in [6.45, 7) is 5.11. The molecule has 2 unspecified atom stereocenters. The van der Waals surface area contributed by atoms with Gasteiger partial charge in [-0.25, -0.2) is 0 Å². The number of ether oxygens (including phenoxy) is 1. The van der Waals surface area contributed by atoms with Crippen LogP contribution >= 0.6 is 0 Å². The van der Waals surface area contributed by atoms with Gasteiger partial charge in [0.25, 0.3) is 0 Å². The standard InChI is InChI=1S/C12H22N2O/c1-2-12(11-6-9-15-10-11)14-8-5-3-4-7-13/h11-12,14H,2-6,8-10H2,1H3. The average molecular weight is 210 g/mol. The van der Waals surface area contributed by atoms with Gasteiger partial charge in [0, 0.05) is 19.1 Å². The monoisotopic (exact) mass is 210 g/mol. The molecule has 1 aliphatic heterocycles. The molecule has 0 saturated carbocycles. The van der Waals surface area contributed by atoms with E-state index < -0.39 is 0 Å². The van der Waals surface area contributed by atoms with Gasteiger partial charge >= 0.3 is 0 Å². The molecule has 2 atom stereocenters. The maximum atomic E-state index is 8.41. The highest BCUT2D eigenvalue weighted by Crippen LogP contribution is 2.18. The summed E-state index contributed by atoms with van der Waals surface area (Å²) in [4.78, 5) is 0. The maximum absolute atomic E-state index is 8.41. The highest BCUT2D eigenvalue weighted by Gasteiger charge is 2.23. The normalized spacial score (nSPS) is 22.5. The van der Waals surface area contributed by atoms with Gasteiger partial charge in [-0.3, -0.25) is 0 Å². The van der Waals surface area contributed by atoms with Crippen molar-refractivity contribution in [3.63, 3.8) is 0 Å². The number of hydrogen-bond donors (Lipinski definition) is 1. The molecule has 0 aromatic carbocycles. The van der Waals surface area contributed by atoms with Gasteiger partial charge in [-0.2, -0.15) is 5.26 Å². The Morgan fingerprint density at radius 3 is 3.00 bits per heavy atom. The summed E-state index contributed by atoms with van der Waals surface area (Å²) < 4.78 is 5.40. The van der Waals surface area contributed by atoms with Crippen molar-refractivity contribution in [1.29, 1.82) is 5.26 Å². The van der Waals surface area contributed by atoms with Crippen LogP contribution in [0.25, 0.3) is 0 Å². The van der Waals surface area contributed by atoms with Gasteiger partial charge in [0.05, 0.1) is 12.7 Å². The van der Waals surface area contributed by atoms with Crippen LogP contribution in [0.5, 0.6) is 0 Å². The van der Waals surface area contributed by atoms with E-state index in [0.29, 0.717) is 18.4 Å². The fourth-order valence-corrected chi connectivity index (χ4v) is 2.13. The molecule has 3 heteroatoms. The number of nitrogens with zero attached hydrogens (tertiary/aromatic N) is 1. The van der Waals surface area contributed by atoms with Crippen molar-refractivity contribution in [3.8, 4) is 6.07 Å². The minimum absolute atomic E-state index is 0.606. The molecular formula is C12H22N2O. The summed E-state index contributed by atoms with van der Waals surface area (Å²) in [7, 11) is 0. The molecule has 0 aliphatic carbocycles. The first-order chi connectivity index (χ1) is 7.38. The Morgan fingerprint density at radius 2 is 2.40 bits per heavy atom. The van der Waals surface area contributed by atoms with Gasteiger partial charge in [0.2, 0.25) is 0 Å². The summed E-state index contributed by atoms with van der Waals surface area (Å²) in [5, 5.41) is 12.0. The van der Waals surface area contributed by atoms with E-state index in [4.69, 9.17) is 10.00 Å². The lowest BCUT2D eigenvalue weighted by molar-refractivity contribution is 0.175. The first-order valence-corrected chi connectivity index (χ1v) is 6.06. The molecule has 0 amide bonds. The van der Waals surface area contributed by atoms with E-state index in [9.17, 15) is 0 Å². The number of unbranched alkanes of at least 4 members (excludes halogenated alkanes) is 2. The van der Waals surface area contributed by atoms with Crippen LogP contribution in [-0.4, -0.2) is 25.8 Å². The molecule has 1 N–H and O–H groups in total. The average Bonchev–Trinajstić information content (AvgIpc) is 2.77. The van der Waals surface area contributed by atoms with Crippen molar-refractivity contribution in [2.24, 2.45) is 5.92 Å². The molecule has 1 rings (SSSR count). The lowest BCUT2D eigenvalue weighted by atomic mass is 9.97. The third-order valence-corrected chi connectivity index (χ3v) is 3.10. The van der Waals surface area contributed by atoms with Crippen LogP contribution in [0.3, 0.4) is 0 Å². The van der Waals surface area contributed by atoms with Crippen molar-refractivity contribution in [3.05, 3.63) is 0 Å². The van der Waals surface area contributed by atoms with Crippen LogP contribution in [0.2, 0.25) is 0 Å². The Bertz CT molecular complexity index is 194. The molecule has 0 bridgehead atoms. The van der Waals surface area contributed by atoms with E-state index in [1.165, 1.54) is 12.8 Å². The fraction of sp³-hybridized carbons (Fsp3) is 0.917. The molecule has 0 radical (unpaired) electrons. The van der Waals surface area contributed by atoms with E-state index in [-0.39, 0.29) is 0 Å². The number of nitrogens with one attached hydrogen (secondary N) is 1. The molecule has 3 nitrogen and oxygen atoms in total. The fourth-order valence-electron chi connectivity index (χ4n) is 2.13.